The molecule has 126 valence electrons. The Morgan fingerprint density at radius 3 is 2.52 bits per heavy atom. The van der Waals surface area contributed by atoms with Crippen LogP contribution in [-0.2, 0) is 6.18 Å². The first-order valence-corrected chi connectivity index (χ1v) is 7.72. The fourth-order valence-corrected chi connectivity index (χ4v) is 2.83. The molecular weight excluding hydrogens is 353 g/mol. The molecule has 0 amide bonds. The van der Waals surface area contributed by atoms with Gasteiger partial charge in [-0.05, 0) is 17.5 Å². The van der Waals surface area contributed by atoms with Crippen LogP contribution in [0.2, 0.25) is 5.02 Å². The van der Waals surface area contributed by atoms with Crippen LogP contribution in [0.15, 0.2) is 54.6 Å². The van der Waals surface area contributed by atoms with Crippen LogP contribution in [0.1, 0.15) is 5.82 Å². The third kappa shape index (κ3) is 2.89. The first kappa shape index (κ1) is 15.8. The monoisotopic (exact) mass is 362 g/mol. The van der Waals surface area contributed by atoms with Crippen molar-refractivity contribution in [3.05, 3.63) is 65.4 Å². The summed E-state index contributed by atoms with van der Waals surface area (Å²) in [6, 6.07) is 15.9. The van der Waals surface area contributed by atoms with Crippen molar-refractivity contribution in [2.24, 2.45) is 0 Å². The summed E-state index contributed by atoms with van der Waals surface area (Å²) in [5, 5.41) is 2.05. The standard InChI is InChI=1S/C18H10ClF3N2O/c19-12-8-13-14(24-17(23-13)18(20,21)22)9-16(12)25-15-7-3-5-10-4-1-2-6-11(10)15/h1-9H,(H,23,24). The summed E-state index contributed by atoms with van der Waals surface area (Å²) in [6.07, 6.45) is -4.55. The van der Waals surface area contributed by atoms with Gasteiger partial charge in [0.2, 0.25) is 5.82 Å². The highest BCUT2D eigenvalue weighted by Crippen LogP contribution is 2.37. The smallest absolute Gasteiger partial charge is 0.449 e. The Morgan fingerprint density at radius 1 is 0.960 bits per heavy atom. The van der Waals surface area contributed by atoms with E-state index < -0.39 is 12.0 Å². The summed E-state index contributed by atoms with van der Waals surface area (Å²) in [5.41, 5.74) is 0.328. The Balaban J connectivity index is 1.79. The van der Waals surface area contributed by atoms with E-state index in [4.69, 9.17) is 16.3 Å². The van der Waals surface area contributed by atoms with Gasteiger partial charge in [-0.3, -0.25) is 0 Å². The predicted octanol–water partition coefficient (Wildman–Crippen LogP) is 6.18. The van der Waals surface area contributed by atoms with Crippen LogP contribution < -0.4 is 4.74 Å². The minimum absolute atomic E-state index is 0.131. The van der Waals surface area contributed by atoms with Crippen molar-refractivity contribution in [2.45, 2.75) is 6.18 Å². The molecule has 7 heteroatoms. The minimum atomic E-state index is -4.55. The van der Waals surface area contributed by atoms with Crippen LogP contribution in [0.3, 0.4) is 0 Å². The van der Waals surface area contributed by atoms with Crippen molar-refractivity contribution >= 4 is 33.4 Å². The van der Waals surface area contributed by atoms with Crippen LogP contribution in [0.25, 0.3) is 21.8 Å². The Bertz CT molecular complexity index is 1080. The second-order valence-electron chi connectivity index (χ2n) is 5.46. The van der Waals surface area contributed by atoms with Gasteiger partial charge in [0.25, 0.3) is 0 Å². The minimum Gasteiger partial charge on any atom is -0.455 e. The SMILES string of the molecule is FC(F)(F)c1nc2cc(Oc3cccc4ccccc34)c(Cl)cc2[nH]1. The number of benzene rings is 3. The first-order chi connectivity index (χ1) is 11.9. The summed E-state index contributed by atoms with van der Waals surface area (Å²) in [6.45, 7) is 0. The molecule has 0 fully saturated rings. The van der Waals surface area contributed by atoms with E-state index >= 15 is 0 Å². The lowest BCUT2D eigenvalue weighted by molar-refractivity contribution is -0.144. The highest BCUT2D eigenvalue weighted by atomic mass is 35.5. The molecule has 0 saturated heterocycles. The lowest BCUT2D eigenvalue weighted by Gasteiger charge is -2.10. The molecular formula is C18H10ClF3N2O. The number of rotatable bonds is 2. The van der Waals surface area contributed by atoms with E-state index in [1.54, 1.807) is 6.07 Å². The highest BCUT2D eigenvalue weighted by Gasteiger charge is 2.34. The molecule has 1 aromatic heterocycles. The van der Waals surface area contributed by atoms with Gasteiger partial charge in [0.1, 0.15) is 11.5 Å². The molecule has 0 aliphatic rings. The van der Waals surface area contributed by atoms with Gasteiger partial charge in [0.05, 0.1) is 16.1 Å². The van der Waals surface area contributed by atoms with E-state index in [2.05, 4.69) is 9.97 Å². The number of aromatic amines is 1. The normalized spacial score (nSPS) is 12.0. The quantitative estimate of drug-likeness (QED) is 0.462. The number of nitrogens with zero attached hydrogens (tertiary/aromatic N) is 1. The van der Waals surface area contributed by atoms with Gasteiger partial charge in [0.15, 0.2) is 0 Å². The predicted molar refractivity (Wildman–Crippen MR) is 90.1 cm³/mol. The molecule has 4 aromatic rings. The van der Waals surface area contributed by atoms with E-state index in [1.807, 2.05) is 36.4 Å². The number of ether oxygens (including phenoxy) is 1. The molecule has 0 bridgehead atoms. The fraction of sp³-hybridized carbons (Fsp3) is 0.0556. The van der Waals surface area contributed by atoms with Crippen molar-refractivity contribution in [1.82, 2.24) is 9.97 Å². The zero-order valence-corrected chi connectivity index (χ0v) is 13.3. The van der Waals surface area contributed by atoms with Crippen LogP contribution in [0.5, 0.6) is 11.5 Å². The van der Waals surface area contributed by atoms with Crippen molar-refractivity contribution in [3.8, 4) is 11.5 Å². The molecule has 0 aliphatic carbocycles. The van der Waals surface area contributed by atoms with E-state index in [0.717, 1.165) is 10.8 Å². The number of alkyl halides is 3. The second kappa shape index (κ2) is 5.67. The van der Waals surface area contributed by atoms with Gasteiger partial charge in [0, 0.05) is 11.5 Å². The average Bonchev–Trinajstić information content (AvgIpc) is 2.98. The summed E-state index contributed by atoms with van der Waals surface area (Å²) >= 11 is 6.17. The third-order valence-electron chi connectivity index (χ3n) is 3.77. The Hall–Kier alpha value is -2.73. The zero-order valence-electron chi connectivity index (χ0n) is 12.6. The number of aromatic nitrogens is 2. The van der Waals surface area contributed by atoms with Crippen molar-refractivity contribution in [1.29, 1.82) is 0 Å². The number of hydrogen-bond acceptors (Lipinski definition) is 2. The van der Waals surface area contributed by atoms with E-state index in [9.17, 15) is 13.2 Å². The summed E-state index contributed by atoms with van der Waals surface area (Å²) < 4.78 is 44.2. The maximum Gasteiger partial charge on any atom is 0.449 e. The maximum absolute atomic E-state index is 12.8. The number of nitrogens with one attached hydrogen (secondary N) is 1. The van der Waals surface area contributed by atoms with Crippen molar-refractivity contribution in [3.63, 3.8) is 0 Å². The molecule has 0 atom stereocenters. The van der Waals surface area contributed by atoms with Crippen LogP contribution >= 0.6 is 11.6 Å². The van der Waals surface area contributed by atoms with Gasteiger partial charge >= 0.3 is 6.18 Å². The van der Waals surface area contributed by atoms with Crippen LogP contribution in [-0.4, -0.2) is 9.97 Å². The summed E-state index contributed by atoms with van der Waals surface area (Å²) in [7, 11) is 0. The molecule has 25 heavy (non-hydrogen) atoms. The van der Waals surface area contributed by atoms with Gasteiger partial charge in [-0.2, -0.15) is 13.2 Å². The number of halogens is 4. The van der Waals surface area contributed by atoms with Gasteiger partial charge in [-0.1, -0.05) is 48.0 Å². The Morgan fingerprint density at radius 2 is 1.72 bits per heavy atom. The number of hydrogen-bond donors (Lipinski definition) is 1. The van der Waals surface area contributed by atoms with Gasteiger partial charge < -0.3 is 9.72 Å². The van der Waals surface area contributed by atoms with E-state index in [1.165, 1.54) is 12.1 Å². The number of fused-ring (bicyclic) bond motifs is 2. The van der Waals surface area contributed by atoms with Crippen LogP contribution in [0, 0.1) is 0 Å². The summed E-state index contributed by atoms with van der Waals surface area (Å²) in [4.78, 5) is 5.79. The molecule has 4 rings (SSSR count). The number of imidazole rings is 1. The maximum atomic E-state index is 12.8. The molecule has 3 aromatic carbocycles. The molecule has 0 unspecified atom stereocenters. The van der Waals surface area contributed by atoms with Crippen LogP contribution in [0.4, 0.5) is 13.2 Å². The topological polar surface area (TPSA) is 37.9 Å². The molecule has 1 heterocycles. The average molecular weight is 363 g/mol. The molecule has 0 radical (unpaired) electrons. The highest BCUT2D eigenvalue weighted by molar-refractivity contribution is 6.32. The fourth-order valence-electron chi connectivity index (χ4n) is 2.63. The van der Waals surface area contributed by atoms with Gasteiger partial charge in [-0.25, -0.2) is 4.98 Å². The lowest BCUT2D eigenvalue weighted by atomic mass is 10.1. The molecule has 1 N–H and O–H groups in total. The summed E-state index contributed by atoms with van der Waals surface area (Å²) in [5.74, 6) is -0.266. The van der Waals surface area contributed by atoms with Crippen molar-refractivity contribution < 1.29 is 17.9 Å². The van der Waals surface area contributed by atoms with Gasteiger partial charge in [-0.15, -0.1) is 0 Å². The van der Waals surface area contributed by atoms with E-state index in [0.29, 0.717) is 5.75 Å². The zero-order chi connectivity index (χ0) is 17.6. The molecule has 3 nitrogen and oxygen atoms in total. The van der Waals surface area contributed by atoms with E-state index in [-0.39, 0.29) is 21.8 Å². The number of H-pyrrole nitrogens is 1. The second-order valence-corrected chi connectivity index (χ2v) is 5.87. The largest absolute Gasteiger partial charge is 0.455 e. The third-order valence-corrected chi connectivity index (χ3v) is 4.07. The molecule has 0 aliphatic heterocycles. The Labute approximate surface area is 145 Å². The van der Waals surface area contributed by atoms with Crippen molar-refractivity contribution in [2.75, 3.05) is 0 Å². The first-order valence-electron chi connectivity index (χ1n) is 7.34. The molecule has 0 spiro atoms. The Kier molecular flexibility index (Phi) is 3.58. The lowest BCUT2D eigenvalue weighted by Crippen LogP contribution is -2.06. The molecule has 0 saturated carbocycles.